The van der Waals surface area contributed by atoms with E-state index < -0.39 is 0 Å². The molecule has 0 rings (SSSR count). The van der Waals surface area contributed by atoms with Crippen molar-refractivity contribution in [1.82, 2.24) is 5.32 Å². The molecule has 0 heterocycles. The Morgan fingerprint density at radius 1 is 1.60 bits per heavy atom. The predicted octanol–water partition coefficient (Wildman–Crippen LogP) is 2.20. The first-order chi connectivity index (χ1) is 4.85. The molecular formula is C9H19N. The molecule has 60 valence electrons. The van der Waals surface area contributed by atoms with Crippen molar-refractivity contribution >= 4 is 0 Å². The minimum Gasteiger partial charge on any atom is -0.319 e. The molecule has 0 aliphatic carbocycles. The van der Waals surface area contributed by atoms with Crippen molar-refractivity contribution in [3.05, 3.63) is 12.7 Å². The standard InChI is InChI=1S/C9H19N/c1-4-6-7-9(5-2)8-10-3/h4,9-10H,1,5-8H2,2-3H3. The van der Waals surface area contributed by atoms with Gasteiger partial charge in [0.1, 0.15) is 0 Å². The van der Waals surface area contributed by atoms with Crippen molar-refractivity contribution in [2.75, 3.05) is 13.6 Å². The lowest BCUT2D eigenvalue weighted by atomic mass is 10.0. The molecular weight excluding hydrogens is 122 g/mol. The van der Waals surface area contributed by atoms with Crippen molar-refractivity contribution < 1.29 is 0 Å². The molecule has 0 aliphatic rings. The van der Waals surface area contributed by atoms with E-state index in [1.165, 1.54) is 12.8 Å². The van der Waals surface area contributed by atoms with Crippen LogP contribution in [0.3, 0.4) is 0 Å². The molecule has 0 aliphatic heterocycles. The molecule has 0 spiro atoms. The monoisotopic (exact) mass is 141 g/mol. The van der Waals surface area contributed by atoms with Crippen LogP contribution in [0.4, 0.5) is 0 Å². The number of rotatable bonds is 6. The maximum Gasteiger partial charge on any atom is -0.00235 e. The lowest BCUT2D eigenvalue weighted by molar-refractivity contribution is 0.454. The Morgan fingerprint density at radius 3 is 2.70 bits per heavy atom. The first-order valence-electron chi connectivity index (χ1n) is 4.10. The Balaban J connectivity index is 3.29. The second kappa shape index (κ2) is 6.81. The van der Waals surface area contributed by atoms with E-state index in [-0.39, 0.29) is 0 Å². The van der Waals surface area contributed by atoms with Gasteiger partial charge in [0.2, 0.25) is 0 Å². The zero-order chi connectivity index (χ0) is 7.82. The summed E-state index contributed by atoms with van der Waals surface area (Å²) in [6.45, 7) is 7.09. The van der Waals surface area contributed by atoms with E-state index in [9.17, 15) is 0 Å². The van der Waals surface area contributed by atoms with Crippen molar-refractivity contribution in [2.45, 2.75) is 26.2 Å². The van der Waals surface area contributed by atoms with E-state index in [1.54, 1.807) is 0 Å². The maximum atomic E-state index is 3.71. The van der Waals surface area contributed by atoms with E-state index in [0.29, 0.717) is 0 Å². The summed E-state index contributed by atoms with van der Waals surface area (Å²) in [5.41, 5.74) is 0. The van der Waals surface area contributed by atoms with Crippen molar-refractivity contribution in [3.63, 3.8) is 0 Å². The van der Waals surface area contributed by atoms with E-state index >= 15 is 0 Å². The molecule has 1 nitrogen and oxygen atoms in total. The van der Waals surface area contributed by atoms with Crippen LogP contribution in [-0.2, 0) is 0 Å². The molecule has 0 aromatic rings. The van der Waals surface area contributed by atoms with Gasteiger partial charge < -0.3 is 5.32 Å². The van der Waals surface area contributed by atoms with Crippen LogP contribution in [0, 0.1) is 5.92 Å². The van der Waals surface area contributed by atoms with Crippen LogP contribution in [0.25, 0.3) is 0 Å². The quantitative estimate of drug-likeness (QED) is 0.559. The van der Waals surface area contributed by atoms with Gasteiger partial charge in [-0.15, -0.1) is 6.58 Å². The summed E-state index contributed by atoms with van der Waals surface area (Å²) >= 11 is 0. The summed E-state index contributed by atoms with van der Waals surface area (Å²) in [5.74, 6) is 0.836. The number of allylic oxidation sites excluding steroid dienone is 1. The summed E-state index contributed by atoms with van der Waals surface area (Å²) in [7, 11) is 2.01. The number of hydrogen-bond acceptors (Lipinski definition) is 1. The molecule has 0 bridgehead atoms. The zero-order valence-corrected chi connectivity index (χ0v) is 7.19. The fourth-order valence-corrected chi connectivity index (χ4v) is 1.09. The molecule has 0 aromatic heterocycles. The van der Waals surface area contributed by atoms with E-state index in [2.05, 4.69) is 18.8 Å². The molecule has 1 atom stereocenters. The highest BCUT2D eigenvalue weighted by Gasteiger charge is 2.01. The van der Waals surface area contributed by atoms with Crippen LogP contribution in [-0.4, -0.2) is 13.6 Å². The summed E-state index contributed by atoms with van der Waals surface area (Å²) in [6, 6.07) is 0. The van der Waals surface area contributed by atoms with E-state index in [1.807, 2.05) is 13.1 Å². The van der Waals surface area contributed by atoms with Gasteiger partial charge >= 0.3 is 0 Å². The van der Waals surface area contributed by atoms with Crippen LogP contribution < -0.4 is 5.32 Å². The molecule has 0 saturated carbocycles. The highest BCUT2D eigenvalue weighted by atomic mass is 14.8. The van der Waals surface area contributed by atoms with Gasteiger partial charge in [-0.25, -0.2) is 0 Å². The van der Waals surface area contributed by atoms with Gasteiger partial charge in [0.25, 0.3) is 0 Å². The molecule has 0 radical (unpaired) electrons. The summed E-state index contributed by atoms with van der Waals surface area (Å²) in [6.07, 6.45) is 5.70. The highest BCUT2D eigenvalue weighted by Crippen LogP contribution is 2.09. The fraction of sp³-hybridized carbons (Fsp3) is 0.778. The third kappa shape index (κ3) is 4.57. The second-order valence-corrected chi connectivity index (χ2v) is 2.70. The second-order valence-electron chi connectivity index (χ2n) is 2.70. The topological polar surface area (TPSA) is 12.0 Å². The Kier molecular flexibility index (Phi) is 6.61. The molecule has 0 aromatic carbocycles. The summed E-state index contributed by atoms with van der Waals surface area (Å²) in [5, 5.41) is 3.19. The first-order valence-corrected chi connectivity index (χ1v) is 4.10. The molecule has 0 amide bonds. The summed E-state index contributed by atoms with van der Waals surface area (Å²) in [4.78, 5) is 0. The fourth-order valence-electron chi connectivity index (χ4n) is 1.09. The lowest BCUT2D eigenvalue weighted by Gasteiger charge is -2.11. The van der Waals surface area contributed by atoms with Gasteiger partial charge in [0.05, 0.1) is 0 Å². The normalized spacial score (nSPS) is 13.0. The molecule has 0 saturated heterocycles. The van der Waals surface area contributed by atoms with Gasteiger partial charge in [0, 0.05) is 0 Å². The van der Waals surface area contributed by atoms with Crippen LogP contribution in [0.2, 0.25) is 0 Å². The Morgan fingerprint density at radius 2 is 2.30 bits per heavy atom. The minimum absolute atomic E-state index is 0.836. The van der Waals surface area contributed by atoms with Crippen LogP contribution in [0.5, 0.6) is 0 Å². The van der Waals surface area contributed by atoms with Gasteiger partial charge in [-0.3, -0.25) is 0 Å². The average Bonchev–Trinajstić information content (AvgIpc) is 1.98. The third-order valence-electron chi connectivity index (χ3n) is 1.85. The molecule has 1 N–H and O–H groups in total. The summed E-state index contributed by atoms with van der Waals surface area (Å²) < 4.78 is 0. The van der Waals surface area contributed by atoms with Gasteiger partial charge in [-0.05, 0) is 32.4 Å². The maximum absolute atomic E-state index is 3.71. The van der Waals surface area contributed by atoms with Crippen LogP contribution >= 0.6 is 0 Å². The predicted molar refractivity (Wildman–Crippen MR) is 47.1 cm³/mol. The number of nitrogens with one attached hydrogen (secondary N) is 1. The lowest BCUT2D eigenvalue weighted by Crippen LogP contribution is -2.17. The Bertz CT molecular complexity index is 78.8. The average molecular weight is 141 g/mol. The SMILES string of the molecule is C=CCCC(CC)CNC. The van der Waals surface area contributed by atoms with Crippen molar-refractivity contribution in [2.24, 2.45) is 5.92 Å². The van der Waals surface area contributed by atoms with E-state index in [4.69, 9.17) is 0 Å². The van der Waals surface area contributed by atoms with Gasteiger partial charge in [-0.2, -0.15) is 0 Å². The van der Waals surface area contributed by atoms with E-state index in [0.717, 1.165) is 18.9 Å². The third-order valence-corrected chi connectivity index (χ3v) is 1.85. The van der Waals surface area contributed by atoms with Crippen LogP contribution in [0.1, 0.15) is 26.2 Å². The largest absolute Gasteiger partial charge is 0.319 e. The van der Waals surface area contributed by atoms with Gasteiger partial charge in [0.15, 0.2) is 0 Å². The Labute approximate surface area is 64.5 Å². The zero-order valence-electron chi connectivity index (χ0n) is 7.19. The Hall–Kier alpha value is -0.300. The smallest absolute Gasteiger partial charge is 0.00235 e. The van der Waals surface area contributed by atoms with Crippen molar-refractivity contribution in [3.8, 4) is 0 Å². The number of hydrogen-bond donors (Lipinski definition) is 1. The van der Waals surface area contributed by atoms with Crippen molar-refractivity contribution in [1.29, 1.82) is 0 Å². The van der Waals surface area contributed by atoms with Crippen LogP contribution in [0.15, 0.2) is 12.7 Å². The molecule has 0 fully saturated rings. The molecule has 10 heavy (non-hydrogen) atoms. The molecule has 1 heteroatoms. The first kappa shape index (κ1) is 9.70. The highest BCUT2D eigenvalue weighted by molar-refractivity contribution is 4.69. The van der Waals surface area contributed by atoms with Gasteiger partial charge in [-0.1, -0.05) is 19.4 Å². The minimum atomic E-state index is 0.836. The molecule has 1 unspecified atom stereocenters.